The molecule has 22 heavy (non-hydrogen) atoms. The van der Waals surface area contributed by atoms with Crippen molar-refractivity contribution in [1.29, 1.82) is 0 Å². The molecule has 8 heteroatoms. The van der Waals surface area contributed by atoms with Crippen LogP contribution in [-0.4, -0.2) is 50.2 Å². The van der Waals surface area contributed by atoms with Crippen LogP contribution in [0.15, 0.2) is 6.20 Å². The first-order chi connectivity index (χ1) is 10.1. The summed E-state index contributed by atoms with van der Waals surface area (Å²) >= 11 is 0. The highest BCUT2D eigenvalue weighted by Crippen LogP contribution is 2.36. The number of rotatable bonds is 1. The molecule has 2 aliphatic heterocycles. The Hall–Kier alpha value is -1.54. The molecule has 0 spiro atoms. The summed E-state index contributed by atoms with van der Waals surface area (Å²) in [6.07, 6.45) is 0.815. The van der Waals surface area contributed by atoms with E-state index in [1.165, 1.54) is 4.90 Å². The molecule has 7 nitrogen and oxygen atoms in total. The number of hydrogen-bond donors (Lipinski definition) is 1. The van der Waals surface area contributed by atoms with Crippen LogP contribution in [0.3, 0.4) is 0 Å². The highest BCUT2D eigenvalue weighted by atomic mass is 16.7. The Kier molecular flexibility index (Phi) is 3.30. The summed E-state index contributed by atoms with van der Waals surface area (Å²) in [6.45, 7) is 10.7. The third kappa shape index (κ3) is 2.21. The lowest BCUT2D eigenvalue weighted by Crippen LogP contribution is -2.47. The molecule has 1 amide bonds. The Morgan fingerprint density at radius 1 is 1.36 bits per heavy atom. The highest BCUT2D eigenvalue weighted by molar-refractivity contribution is 6.62. The quantitative estimate of drug-likeness (QED) is 0.785. The van der Waals surface area contributed by atoms with Crippen LogP contribution >= 0.6 is 0 Å². The molecule has 1 fully saturated rings. The van der Waals surface area contributed by atoms with Gasteiger partial charge in [0.05, 0.1) is 36.0 Å². The van der Waals surface area contributed by atoms with E-state index in [9.17, 15) is 9.90 Å². The van der Waals surface area contributed by atoms with Gasteiger partial charge in [-0.15, -0.1) is 0 Å². The maximum atomic E-state index is 11.4. The largest absolute Gasteiger partial charge is 0.498 e. The molecular formula is C14H22BN3O4. The van der Waals surface area contributed by atoms with Crippen molar-refractivity contribution < 1.29 is 19.2 Å². The van der Waals surface area contributed by atoms with E-state index in [1.54, 1.807) is 6.20 Å². The van der Waals surface area contributed by atoms with E-state index in [-0.39, 0.29) is 6.04 Å². The average Bonchev–Trinajstić information content (AvgIpc) is 2.86. The zero-order chi connectivity index (χ0) is 16.3. The molecule has 1 saturated heterocycles. The monoisotopic (exact) mass is 307 g/mol. The van der Waals surface area contributed by atoms with Gasteiger partial charge in [0.25, 0.3) is 0 Å². The van der Waals surface area contributed by atoms with E-state index in [1.807, 2.05) is 39.3 Å². The van der Waals surface area contributed by atoms with E-state index in [0.29, 0.717) is 13.1 Å². The van der Waals surface area contributed by atoms with Crippen molar-refractivity contribution in [3.8, 4) is 0 Å². The molecule has 120 valence electrons. The molecule has 0 radical (unpaired) electrons. The van der Waals surface area contributed by atoms with Crippen molar-refractivity contribution in [2.24, 2.45) is 0 Å². The number of carbonyl (C=O) groups is 1. The van der Waals surface area contributed by atoms with Crippen LogP contribution in [0.25, 0.3) is 0 Å². The number of carboxylic acid groups (broad SMARTS) is 1. The maximum absolute atomic E-state index is 11.4. The summed E-state index contributed by atoms with van der Waals surface area (Å²) in [4.78, 5) is 12.8. The van der Waals surface area contributed by atoms with Gasteiger partial charge in [0.15, 0.2) is 0 Å². The summed E-state index contributed by atoms with van der Waals surface area (Å²) in [5.74, 6) is 0. The second-order valence-electron chi connectivity index (χ2n) is 7.08. The second-order valence-corrected chi connectivity index (χ2v) is 7.08. The summed E-state index contributed by atoms with van der Waals surface area (Å²) < 4.78 is 14.0. The van der Waals surface area contributed by atoms with Crippen molar-refractivity contribution in [2.75, 3.05) is 0 Å². The highest BCUT2D eigenvalue weighted by Gasteiger charge is 2.53. The van der Waals surface area contributed by atoms with E-state index in [0.717, 1.165) is 11.2 Å². The van der Waals surface area contributed by atoms with Crippen LogP contribution in [0.1, 0.15) is 40.3 Å². The minimum Gasteiger partial charge on any atom is -0.465 e. The van der Waals surface area contributed by atoms with E-state index in [2.05, 4.69) is 5.10 Å². The minimum absolute atomic E-state index is 0.101. The molecule has 3 rings (SSSR count). The summed E-state index contributed by atoms with van der Waals surface area (Å²) in [5, 5.41) is 13.7. The van der Waals surface area contributed by atoms with Crippen molar-refractivity contribution in [3.63, 3.8) is 0 Å². The fourth-order valence-corrected chi connectivity index (χ4v) is 2.84. The van der Waals surface area contributed by atoms with E-state index in [4.69, 9.17) is 9.31 Å². The number of hydrogen-bond acceptors (Lipinski definition) is 4. The predicted molar refractivity (Wildman–Crippen MR) is 81.0 cm³/mol. The molecule has 0 aromatic carbocycles. The third-order valence-corrected chi connectivity index (χ3v) is 5.02. The van der Waals surface area contributed by atoms with Gasteiger partial charge in [-0.1, -0.05) is 0 Å². The standard InChI is InChI=1S/C14H22BN3O4/c1-9-7-18-11(8-17(9)12(19)20)10(6-16-18)15-21-13(2,3)14(4,5)22-15/h6,9H,7-8H2,1-5H3,(H,19,20). The third-order valence-electron chi connectivity index (χ3n) is 5.02. The van der Waals surface area contributed by atoms with Crippen molar-refractivity contribution >= 4 is 18.7 Å². The van der Waals surface area contributed by atoms with Gasteiger partial charge in [-0.25, -0.2) is 4.79 Å². The normalized spacial score (nSPS) is 26.1. The van der Waals surface area contributed by atoms with Gasteiger partial charge in [0.1, 0.15) is 0 Å². The van der Waals surface area contributed by atoms with E-state index >= 15 is 0 Å². The smallest absolute Gasteiger partial charge is 0.465 e. The molecule has 3 heterocycles. The van der Waals surface area contributed by atoms with Gasteiger partial charge in [-0.2, -0.15) is 5.10 Å². The maximum Gasteiger partial charge on any atom is 0.498 e. The van der Waals surface area contributed by atoms with Crippen LogP contribution in [0.2, 0.25) is 0 Å². The molecule has 2 aliphatic rings. The van der Waals surface area contributed by atoms with Crippen LogP contribution < -0.4 is 5.46 Å². The molecule has 1 aromatic rings. The van der Waals surface area contributed by atoms with Crippen molar-refractivity contribution in [1.82, 2.24) is 14.7 Å². The first kappa shape index (κ1) is 15.4. The Labute approximate surface area is 130 Å². The Bertz CT molecular complexity index is 597. The van der Waals surface area contributed by atoms with Crippen LogP contribution in [0.4, 0.5) is 4.79 Å². The fourth-order valence-electron chi connectivity index (χ4n) is 2.84. The minimum atomic E-state index is -0.917. The van der Waals surface area contributed by atoms with Crippen LogP contribution in [0.5, 0.6) is 0 Å². The zero-order valence-corrected chi connectivity index (χ0v) is 13.7. The van der Waals surface area contributed by atoms with Crippen LogP contribution in [0, 0.1) is 0 Å². The fraction of sp³-hybridized carbons (Fsp3) is 0.714. The van der Waals surface area contributed by atoms with Gasteiger partial charge >= 0.3 is 13.2 Å². The molecule has 1 aromatic heterocycles. The lowest BCUT2D eigenvalue weighted by Gasteiger charge is -2.32. The lowest BCUT2D eigenvalue weighted by atomic mass is 9.79. The molecule has 1 atom stereocenters. The predicted octanol–water partition coefficient (Wildman–Crippen LogP) is 1.06. The van der Waals surface area contributed by atoms with Crippen molar-refractivity contribution in [2.45, 2.75) is 65.0 Å². The van der Waals surface area contributed by atoms with Crippen LogP contribution in [-0.2, 0) is 22.4 Å². The Morgan fingerprint density at radius 3 is 2.50 bits per heavy atom. The average molecular weight is 307 g/mol. The topological polar surface area (TPSA) is 76.8 Å². The first-order valence-corrected chi connectivity index (χ1v) is 7.52. The van der Waals surface area contributed by atoms with E-state index < -0.39 is 24.4 Å². The Morgan fingerprint density at radius 2 is 1.95 bits per heavy atom. The van der Waals surface area contributed by atoms with Gasteiger partial charge in [0, 0.05) is 11.7 Å². The Balaban J connectivity index is 1.92. The zero-order valence-electron chi connectivity index (χ0n) is 13.7. The number of aromatic nitrogens is 2. The SMILES string of the molecule is CC1Cn2ncc(B3OC(C)(C)C(C)(C)O3)c2CN1C(=O)O. The summed E-state index contributed by atoms with van der Waals surface area (Å²) in [5.41, 5.74) is 0.804. The molecular weight excluding hydrogens is 285 g/mol. The molecule has 1 unspecified atom stereocenters. The van der Waals surface area contributed by atoms with Crippen molar-refractivity contribution in [3.05, 3.63) is 11.9 Å². The van der Waals surface area contributed by atoms with Gasteiger partial charge < -0.3 is 14.4 Å². The van der Waals surface area contributed by atoms with Gasteiger partial charge in [-0.05, 0) is 34.6 Å². The molecule has 1 N–H and O–H groups in total. The molecule has 0 bridgehead atoms. The number of fused-ring (bicyclic) bond motifs is 1. The molecule has 0 aliphatic carbocycles. The first-order valence-electron chi connectivity index (χ1n) is 7.52. The summed E-state index contributed by atoms with van der Waals surface area (Å²) in [7, 11) is -0.516. The van der Waals surface area contributed by atoms with Gasteiger partial charge in [0.2, 0.25) is 0 Å². The lowest BCUT2D eigenvalue weighted by molar-refractivity contribution is 0.00578. The van der Waals surface area contributed by atoms with Gasteiger partial charge in [-0.3, -0.25) is 9.58 Å². The number of nitrogens with zero attached hydrogens (tertiary/aromatic N) is 3. The second kappa shape index (κ2) is 4.73. The molecule has 0 saturated carbocycles. The number of amides is 1. The summed E-state index contributed by atoms with van der Waals surface area (Å²) in [6, 6.07) is -0.101.